The van der Waals surface area contributed by atoms with Gasteiger partial charge in [-0.25, -0.2) is 4.39 Å². The molecule has 0 saturated heterocycles. The highest BCUT2D eigenvalue weighted by Crippen LogP contribution is 2.37. The summed E-state index contributed by atoms with van der Waals surface area (Å²) in [7, 11) is 0. The van der Waals surface area contributed by atoms with Crippen molar-refractivity contribution in [2.45, 2.75) is 25.4 Å². The zero-order valence-electron chi connectivity index (χ0n) is 11.4. The summed E-state index contributed by atoms with van der Waals surface area (Å²) in [4.78, 5) is 0. The van der Waals surface area contributed by atoms with Gasteiger partial charge >= 0.3 is 6.18 Å². The Balaban J connectivity index is 2.52. The van der Waals surface area contributed by atoms with Crippen LogP contribution in [0.5, 0.6) is 0 Å². The lowest BCUT2D eigenvalue weighted by Crippen LogP contribution is -2.08. The van der Waals surface area contributed by atoms with Gasteiger partial charge in [-0.15, -0.1) is 11.6 Å². The van der Waals surface area contributed by atoms with E-state index in [0.29, 0.717) is 11.6 Å². The maximum atomic E-state index is 13.9. The van der Waals surface area contributed by atoms with Crippen molar-refractivity contribution in [1.29, 1.82) is 0 Å². The predicted molar refractivity (Wildman–Crippen MR) is 75.0 cm³/mol. The molecule has 0 bridgehead atoms. The molecule has 1 atom stereocenters. The summed E-state index contributed by atoms with van der Waals surface area (Å²) in [6.45, 7) is 3.63. The van der Waals surface area contributed by atoms with Gasteiger partial charge in [0, 0.05) is 5.56 Å². The van der Waals surface area contributed by atoms with Gasteiger partial charge in [-0.2, -0.15) is 13.2 Å². The van der Waals surface area contributed by atoms with Crippen molar-refractivity contribution in [2.24, 2.45) is 0 Å². The van der Waals surface area contributed by atoms with E-state index in [0.717, 1.165) is 23.3 Å². The molecule has 1 unspecified atom stereocenters. The van der Waals surface area contributed by atoms with E-state index in [1.54, 1.807) is 13.0 Å². The minimum atomic E-state index is -4.53. The van der Waals surface area contributed by atoms with Crippen LogP contribution in [0.15, 0.2) is 36.4 Å². The summed E-state index contributed by atoms with van der Waals surface area (Å²) in [5, 5.41) is -0.966. The van der Waals surface area contributed by atoms with Crippen molar-refractivity contribution >= 4 is 11.6 Å². The Bertz CT molecular complexity index is 662. The largest absolute Gasteiger partial charge is 0.416 e. The summed E-state index contributed by atoms with van der Waals surface area (Å²) < 4.78 is 52.1. The second kappa shape index (κ2) is 5.68. The fourth-order valence-corrected chi connectivity index (χ4v) is 2.52. The molecule has 21 heavy (non-hydrogen) atoms. The fourth-order valence-electron chi connectivity index (χ4n) is 2.11. The average Bonchev–Trinajstić information content (AvgIpc) is 2.40. The van der Waals surface area contributed by atoms with Crippen molar-refractivity contribution < 1.29 is 17.6 Å². The Morgan fingerprint density at radius 3 is 2.24 bits per heavy atom. The third-order valence-corrected chi connectivity index (χ3v) is 3.77. The van der Waals surface area contributed by atoms with Crippen LogP contribution in [0.1, 0.15) is 33.2 Å². The molecule has 0 aromatic heterocycles. The van der Waals surface area contributed by atoms with Gasteiger partial charge in [0.2, 0.25) is 0 Å². The van der Waals surface area contributed by atoms with E-state index in [1.807, 2.05) is 19.1 Å². The monoisotopic (exact) mass is 316 g/mol. The van der Waals surface area contributed by atoms with Crippen LogP contribution >= 0.6 is 11.6 Å². The van der Waals surface area contributed by atoms with Crippen molar-refractivity contribution in [3.8, 4) is 0 Å². The molecule has 2 rings (SSSR count). The van der Waals surface area contributed by atoms with E-state index in [2.05, 4.69) is 0 Å². The first kappa shape index (κ1) is 15.8. The normalized spacial score (nSPS) is 13.3. The summed E-state index contributed by atoms with van der Waals surface area (Å²) >= 11 is 6.23. The molecule has 2 aromatic carbocycles. The van der Waals surface area contributed by atoms with Crippen LogP contribution in [-0.2, 0) is 6.18 Å². The fraction of sp³-hybridized carbons (Fsp3) is 0.250. The number of alkyl halides is 4. The molecule has 0 radical (unpaired) electrons. The highest BCUT2D eigenvalue weighted by molar-refractivity contribution is 6.22. The number of hydrogen-bond acceptors (Lipinski definition) is 0. The van der Waals surface area contributed by atoms with Gasteiger partial charge in [0.15, 0.2) is 0 Å². The van der Waals surface area contributed by atoms with Crippen molar-refractivity contribution in [3.05, 3.63) is 70.0 Å². The highest BCUT2D eigenvalue weighted by atomic mass is 35.5. The van der Waals surface area contributed by atoms with E-state index in [-0.39, 0.29) is 5.56 Å². The van der Waals surface area contributed by atoms with Crippen LogP contribution in [0.3, 0.4) is 0 Å². The molecule has 0 aliphatic heterocycles. The van der Waals surface area contributed by atoms with E-state index >= 15 is 0 Å². The number of rotatable bonds is 2. The van der Waals surface area contributed by atoms with Crippen LogP contribution < -0.4 is 0 Å². The standard InChI is InChI=1S/C16H13ClF4/c1-9-3-4-10(2)12(7-9)15(17)13-8-11(16(19,20)21)5-6-14(13)18/h3-8,15H,1-2H3. The molecule has 0 aliphatic rings. The molecule has 0 heterocycles. The van der Waals surface area contributed by atoms with Gasteiger partial charge in [-0.3, -0.25) is 0 Å². The van der Waals surface area contributed by atoms with E-state index in [4.69, 9.17) is 11.6 Å². The Hall–Kier alpha value is -1.55. The topological polar surface area (TPSA) is 0 Å². The molecule has 0 saturated carbocycles. The minimum Gasteiger partial charge on any atom is -0.207 e. The molecule has 0 aliphatic carbocycles. The van der Waals surface area contributed by atoms with Gasteiger partial charge in [0.05, 0.1) is 10.9 Å². The molecule has 0 amide bonds. The van der Waals surface area contributed by atoms with Crippen LogP contribution in [0, 0.1) is 19.7 Å². The van der Waals surface area contributed by atoms with E-state index in [9.17, 15) is 17.6 Å². The molecule has 0 fully saturated rings. The van der Waals surface area contributed by atoms with Crippen molar-refractivity contribution in [3.63, 3.8) is 0 Å². The Morgan fingerprint density at radius 2 is 1.62 bits per heavy atom. The van der Waals surface area contributed by atoms with Crippen LogP contribution in [0.4, 0.5) is 17.6 Å². The van der Waals surface area contributed by atoms with Crippen molar-refractivity contribution in [1.82, 2.24) is 0 Å². The third-order valence-electron chi connectivity index (χ3n) is 3.30. The Kier molecular flexibility index (Phi) is 4.28. The van der Waals surface area contributed by atoms with Crippen LogP contribution in [0.25, 0.3) is 0 Å². The molecule has 5 heteroatoms. The average molecular weight is 317 g/mol. The van der Waals surface area contributed by atoms with Gasteiger partial charge in [-0.05, 0) is 43.2 Å². The lowest BCUT2D eigenvalue weighted by atomic mass is 9.96. The zero-order chi connectivity index (χ0) is 15.8. The van der Waals surface area contributed by atoms with E-state index in [1.165, 1.54) is 0 Å². The molecule has 0 spiro atoms. The molecule has 2 aromatic rings. The Labute approximate surface area is 125 Å². The molecule has 0 N–H and O–H groups in total. The smallest absolute Gasteiger partial charge is 0.207 e. The molecular formula is C16H13ClF4. The van der Waals surface area contributed by atoms with Crippen LogP contribution in [0.2, 0.25) is 0 Å². The lowest BCUT2D eigenvalue weighted by molar-refractivity contribution is -0.137. The summed E-state index contributed by atoms with van der Waals surface area (Å²) in [5.41, 5.74) is 1.25. The first-order valence-corrected chi connectivity index (χ1v) is 6.71. The number of aryl methyl sites for hydroxylation is 2. The van der Waals surface area contributed by atoms with Gasteiger partial charge in [0.25, 0.3) is 0 Å². The van der Waals surface area contributed by atoms with Gasteiger partial charge in [0.1, 0.15) is 5.82 Å². The van der Waals surface area contributed by atoms with Gasteiger partial charge in [-0.1, -0.05) is 23.8 Å². The van der Waals surface area contributed by atoms with Crippen LogP contribution in [-0.4, -0.2) is 0 Å². The highest BCUT2D eigenvalue weighted by Gasteiger charge is 2.32. The minimum absolute atomic E-state index is 0.166. The zero-order valence-corrected chi connectivity index (χ0v) is 12.2. The first-order valence-electron chi connectivity index (χ1n) is 6.28. The number of benzene rings is 2. The maximum Gasteiger partial charge on any atom is 0.416 e. The quantitative estimate of drug-likeness (QED) is 0.486. The van der Waals surface area contributed by atoms with Crippen molar-refractivity contribution in [2.75, 3.05) is 0 Å². The maximum absolute atomic E-state index is 13.9. The summed E-state index contributed by atoms with van der Waals surface area (Å²) in [5.74, 6) is -0.746. The lowest BCUT2D eigenvalue weighted by Gasteiger charge is -2.16. The molecular weight excluding hydrogens is 304 g/mol. The molecule has 112 valence electrons. The van der Waals surface area contributed by atoms with Gasteiger partial charge < -0.3 is 0 Å². The number of halogens is 5. The third kappa shape index (κ3) is 3.38. The number of hydrogen-bond donors (Lipinski definition) is 0. The summed E-state index contributed by atoms with van der Waals surface area (Å²) in [6, 6.07) is 7.72. The predicted octanol–water partition coefficient (Wildman–Crippen LogP) is 5.79. The van der Waals surface area contributed by atoms with E-state index < -0.39 is 22.9 Å². The summed E-state index contributed by atoms with van der Waals surface area (Å²) in [6.07, 6.45) is -4.53. The first-order chi connectivity index (χ1) is 9.70. The Morgan fingerprint density at radius 1 is 0.952 bits per heavy atom. The molecule has 0 nitrogen and oxygen atoms in total. The second-order valence-electron chi connectivity index (χ2n) is 4.96. The SMILES string of the molecule is Cc1ccc(C)c(C(Cl)c2cc(C(F)(F)F)ccc2F)c1. The second-order valence-corrected chi connectivity index (χ2v) is 5.39.